The molecule has 0 fully saturated rings. The highest BCUT2D eigenvalue weighted by Crippen LogP contribution is 2.19. The summed E-state index contributed by atoms with van der Waals surface area (Å²) in [5.74, 6) is 0.646. The SMILES string of the molecule is COc1ccc(Cn2nnc(C(=O)N[C@H](C)c3ccc(F)cc3)c2-n2cccc2)cc1. The standard InChI is InChI=1S/C23H22FN5O2/c1-16(18-7-9-19(24)10-8-18)25-22(30)21-23(28-13-3-4-14-28)29(27-26-21)15-17-5-11-20(31-2)12-6-17/h3-14,16H,15H2,1-2H3,(H,25,30)/t16-/m1/s1. The van der Waals surface area contributed by atoms with Gasteiger partial charge in [-0.05, 0) is 54.4 Å². The molecular weight excluding hydrogens is 397 g/mol. The summed E-state index contributed by atoms with van der Waals surface area (Å²) in [7, 11) is 1.62. The maximum atomic E-state index is 13.2. The molecule has 0 aliphatic carbocycles. The molecule has 0 saturated heterocycles. The molecule has 0 radical (unpaired) electrons. The minimum Gasteiger partial charge on any atom is -0.497 e. The van der Waals surface area contributed by atoms with Gasteiger partial charge in [0, 0.05) is 12.4 Å². The van der Waals surface area contributed by atoms with Crippen molar-refractivity contribution in [1.82, 2.24) is 24.9 Å². The van der Waals surface area contributed by atoms with Gasteiger partial charge in [-0.15, -0.1) is 5.10 Å². The minimum atomic E-state index is -0.360. The highest BCUT2D eigenvalue weighted by Gasteiger charge is 2.23. The summed E-state index contributed by atoms with van der Waals surface area (Å²) in [6, 6.07) is 17.1. The smallest absolute Gasteiger partial charge is 0.276 e. The van der Waals surface area contributed by atoms with E-state index in [1.165, 1.54) is 12.1 Å². The molecule has 31 heavy (non-hydrogen) atoms. The fraction of sp³-hybridized carbons (Fsp3) is 0.174. The van der Waals surface area contributed by atoms with Crippen LogP contribution in [0.3, 0.4) is 0 Å². The fourth-order valence-electron chi connectivity index (χ4n) is 3.30. The van der Waals surface area contributed by atoms with Gasteiger partial charge < -0.3 is 14.6 Å². The first-order chi connectivity index (χ1) is 15.0. The van der Waals surface area contributed by atoms with Gasteiger partial charge in [0.1, 0.15) is 11.6 Å². The number of halogens is 1. The van der Waals surface area contributed by atoms with Gasteiger partial charge in [0.05, 0.1) is 19.7 Å². The summed E-state index contributed by atoms with van der Waals surface area (Å²) in [5.41, 5.74) is 1.99. The second kappa shape index (κ2) is 8.83. The van der Waals surface area contributed by atoms with Gasteiger partial charge in [-0.25, -0.2) is 9.07 Å². The first-order valence-electron chi connectivity index (χ1n) is 9.81. The summed E-state index contributed by atoms with van der Waals surface area (Å²) >= 11 is 0. The van der Waals surface area contributed by atoms with Crippen LogP contribution in [0.1, 0.15) is 34.6 Å². The molecule has 0 unspecified atom stereocenters. The number of aromatic nitrogens is 4. The molecule has 2 aromatic heterocycles. The first kappa shape index (κ1) is 20.3. The predicted octanol–water partition coefficient (Wildman–Crippen LogP) is 3.76. The third-order valence-electron chi connectivity index (χ3n) is 4.98. The van der Waals surface area contributed by atoms with E-state index >= 15 is 0 Å². The lowest BCUT2D eigenvalue weighted by molar-refractivity contribution is 0.0934. The van der Waals surface area contributed by atoms with Gasteiger partial charge >= 0.3 is 0 Å². The highest BCUT2D eigenvalue weighted by atomic mass is 19.1. The summed E-state index contributed by atoms with van der Waals surface area (Å²) in [6.07, 6.45) is 3.67. The zero-order valence-electron chi connectivity index (χ0n) is 17.2. The Morgan fingerprint density at radius 2 is 1.77 bits per heavy atom. The molecular formula is C23H22FN5O2. The van der Waals surface area contributed by atoms with Crippen LogP contribution in [-0.2, 0) is 6.54 Å². The zero-order chi connectivity index (χ0) is 21.8. The molecule has 7 nitrogen and oxygen atoms in total. The molecule has 0 aliphatic rings. The van der Waals surface area contributed by atoms with Crippen LogP contribution in [0.4, 0.5) is 4.39 Å². The van der Waals surface area contributed by atoms with Gasteiger partial charge in [-0.2, -0.15) is 0 Å². The van der Waals surface area contributed by atoms with Crippen LogP contribution >= 0.6 is 0 Å². The topological polar surface area (TPSA) is 74.0 Å². The van der Waals surface area contributed by atoms with Crippen molar-refractivity contribution in [1.29, 1.82) is 0 Å². The van der Waals surface area contributed by atoms with E-state index in [0.29, 0.717) is 12.4 Å². The molecule has 4 rings (SSSR count). The maximum absolute atomic E-state index is 13.2. The zero-order valence-corrected chi connectivity index (χ0v) is 17.2. The maximum Gasteiger partial charge on any atom is 0.276 e. The third kappa shape index (κ3) is 4.48. The second-order valence-corrected chi connectivity index (χ2v) is 7.10. The number of carbonyl (C=O) groups excluding carboxylic acids is 1. The van der Waals surface area contributed by atoms with Crippen molar-refractivity contribution in [3.8, 4) is 11.6 Å². The van der Waals surface area contributed by atoms with E-state index in [4.69, 9.17) is 4.74 Å². The number of benzene rings is 2. The number of nitrogens with zero attached hydrogens (tertiary/aromatic N) is 4. The lowest BCUT2D eigenvalue weighted by Gasteiger charge is -2.14. The summed E-state index contributed by atoms with van der Waals surface area (Å²) in [5, 5.41) is 11.3. The van der Waals surface area contributed by atoms with Crippen LogP contribution in [0.15, 0.2) is 73.1 Å². The second-order valence-electron chi connectivity index (χ2n) is 7.10. The van der Waals surface area contributed by atoms with Crippen molar-refractivity contribution in [2.45, 2.75) is 19.5 Å². The molecule has 2 aromatic carbocycles. The molecule has 1 amide bonds. The van der Waals surface area contributed by atoms with Gasteiger partial charge in [0.15, 0.2) is 11.5 Å². The first-order valence-corrected chi connectivity index (χ1v) is 9.81. The van der Waals surface area contributed by atoms with Crippen LogP contribution in [0.2, 0.25) is 0 Å². The average Bonchev–Trinajstić information content (AvgIpc) is 3.44. The number of hydrogen-bond acceptors (Lipinski definition) is 4. The molecule has 0 bridgehead atoms. The quantitative estimate of drug-likeness (QED) is 0.495. The lowest BCUT2D eigenvalue weighted by atomic mass is 10.1. The van der Waals surface area contributed by atoms with E-state index in [1.54, 1.807) is 28.5 Å². The minimum absolute atomic E-state index is 0.207. The Balaban J connectivity index is 1.61. The molecule has 2 heterocycles. The van der Waals surface area contributed by atoms with Gasteiger partial charge in [-0.1, -0.05) is 29.5 Å². The summed E-state index contributed by atoms with van der Waals surface area (Å²) < 4.78 is 21.9. The van der Waals surface area contributed by atoms with Crippen molar-refractivity contribution in [3.05, 3.63) is 95.7 Å². The van der Waals surface area contributed by atoms with Gasteiger partial charge in [0.25, 0.3) is 5.91 Å². The van der Waals surface area contributed by atoms with Gasteiger partial charge in [-0.3, -0.25) is 4.79 Å². The van der Waals surface area contributed by atoms with E-state index < -0.39 is 0 Å². The number of amides is 1. The Kier molecular flexibility index (Phi) is 5.79. The molecule has 1 atom stereocenters. The molecule has 0 saturated carbocycles. The highest BCUT2D eigenvalue weighted by molar-refractivity contribution is 5.95. The third-order valence-corrected chi connectivity index (χ3v) is 4.98. The average molecular weight is 419 g/mol. The van der Waals surface area contributed by atoms with Crippen LogP contribution in [-0.4, -0.2) is 32.6 Å². The van der Waals surface area contributed by atoms with Crippen LogP contribution in [0.5, 0.6) is 5.75 Å². The van der Waals surface area contributed by atoms with Crippen molar-refractivity contribution in [2.24, 2.45) is 0 Å². The van der Waals surface area contributed by atoms with Crippen molar-refractivity contribution in [3.63, 3.8) is 0 Å². The normalized spacial score (nSPS) is 11.8. The number of methoxy groups -OCH3 is 1. The molecule has 158 valence electrons. The van der Waals surface area contributed by atoms with E-state index in [2.05, 4.69) is 15.6 Å². The molecule has 1 N–H and O–H groups in total. The molecule has 0 spiro atoms. The molecule has 8 heteroatoms. The molecule has 4 aromatic rings. The van der Waals surface area contributed by atoms with E-state index in [0.717, 1.165) is 16.9 Å². The van der Waals surface area contributed by atoms with Crippen LogP contribution < -0.4 is 10.1 Å². The van der Waals surface area contributed by atoms with Crippen LogP contribution in [0.25, 0.3) is 5.82 Å². The van der Waals surface area contributed by atoms with E-state index in [-0.39, 0.29) is 23.5 Å². The van der Waals surface area contributed by atoms with Gasteiger partial charge in [0.2, 0.25) is 0 Å². The fourth-order valence-corrected chi connectivity index (χ4v) is 3.30. The number of rotatable bonds is 7. The Bertz CT molecular complexity index is 1150. The van der Waals surface area contributed by atoms with E-state index in [9.17, 15) is 9.18 Å². The largest absolute Gasteiger partial charge is 0.497 e. The lowest BCUT2D eigenvalue weighted by Crippen LogP contribution is -2.28. The van der Waals surface area contributed by atoms with Crippen molar-refractivity contribution in [2.75, 3.05) is 7.11 Å². The Labute approximate surface area is 179 Å². The van der Waals surface area contributed by atoms with Crippen molar-refractivity contribution < 1.29 is 13.9 Å². The molecule has 0 aliphatic heterocycles. The number of ether oxygens (including phenoxy) is 1. The van der Waals surface area contributed by atoms with E-state index in [1.807, 2.05) is 55.7 Å². The summed E-state index contributed by atoms with van der Waals surface area (Å²) in [6.45, 7) is 2.27. The van der Waals surface area contributed by atoms with Crippen molar-refractivity contribution >= 4 is 5.91 Å². The predicted molar refractivity (Wildman–Crippen MR) is 114 cm³/mol. The number of carbonyl (C=O) groups is 1. The summed E-state index contributed by atoms with van der Waals surface area (Å²) in [4.78, 5) is 13.0. The number of hydrogen-bond donors (Lipinski definition) is 1. The Morgan fingerprint density at radius 1 is 1.10 bits per heavy atom. The number of nitrogens with one attached hydrogen (secondary N) is 1. The van der Waals surface area contributed by atoms with Crippen LogP contribution in [0, 0.1) is 5.82 Å². The Hall–Kier alpha value is -3.94. The monoisotopic (exact) mass is 419 g/mol. The Morgan fingerprint density at radius 3 is 2.42 bits per heavy atom.